The number of benzene rings is 1. The van der Waals surface area contributed by atoms with E-state index in [1.165, 1.54) is 11.1 Å². The summed E-state index contributed by atoms with van der Waals surface area (Å²) in [6.07, 6.45) is 4.69. The van der Waals surface area contributed by atoms with Crippen LogP contribution in [-0.2, 0) is 22.6 Å². The average Bonchev–Trinajstić information content (AvgIpc) is 3.19. The molecule has 0 saturated carbocycles. The molecular formula is C20H32IN5O2. The number of ether oxygens (including phenoxy) is 2. The molecule has 0 aliphatic rings. The Hall–Kier alpha value is -1.65. The van der Waals surface area contributed by atoms with Gasteiger partial charge in [-0.2, -0.15) is 5.10 Å². The van der Waals surface area contributed by atoms with Gasteiger partial charge in [0.05, 0.1) is 26.3 Å². The molecule has 7 nitrogen and oxygen atoms in total. The number of hydrogen-bond donors (Lipinski definition) is 2. The van der Waals surface area contributed by atoms with Crippen molar-refractivity contribution in [3.05, 3.63) is 53.9 Å². The van der Waals surface area contributed by atoms with Crippen molar-refractivity contribution in [3.8, 4) is 0 Å². The van der Waals surface area contributed by atoms with Gasteiger partial charge in [-0.25, -0.2) is 4.99 Å². The quantitative estimate of drug-likeness (QED) is 0.203. The van der Waals surface area contributed by atoms with E-state index in [4.69, 9.17) is 14.5 Å². The zero-order valence-electron chi connectivity index (χ0n) is 16.8. The van der Waals surface area contributed by atoms with Crippen molar-refractivity contribution in [2.24, 2.45) is 4.99 Å². The van der Waals surface area contributed by atoms with E-state index in [1.807, 2.05) is 16.9 Å². The fourth-order valence-corrected chi connectivity index (χ4v) is 2.57. The van der Waals surface area contributed by atoms with Crippen LogP contribution < -0.4 is 10.6 Å². The van der Waals surface area contributed by atoms with Crippen LogP contribution in [0.2, 0.25) is 0 Å². The number of aromatic nitrogens is 2. The summed E-state index contributed by atoms with van der Waals surface area (Å²) in [6, 6.07) is 10.3. The minimum absolute atomic E-state index is 0. The van der Waals surface area contributed by atoms with Crippen LogP contribution in [0.25, 0.3) is 0 Å². The van der Waals surface area contributed by atoms with E-state index in [0.717, 1.165) is 32.0 Å². The van der Waals surface area contributed by atoms with Gasteiger partial charge in [0, 0.05) is 39.2 Å². The van der Waals surface area contributed by atoms with Crippen LogP contribution >= 0.6 is 24.0 Å². The third kappa shape index (κ3) is 9.52. The van der Waals surface area contributed by atoms with E-state index < -0.39 is 0 Å². The van der Waals surface area contributed by atoms with Crippen LogP contribution in [0, 0.1) is 0 Å². The molecule has 2 aromatic rings. The highest BCUT2D eigenvalue weighted by Gasteiger charge is 2.04. The van der Waals surface area contributed by atoms with Crippen molar-refractivity contribution in [1.29, 1.82) is 0 Å². The van der Waals surface area contributed by atoms with Crippen LogP contribution in [0.15, 0.2) is 47.7 Å². The van der Waals surface area contributed by atoms with Gasteiger partial charge in [-0.05, 0) is 30.5 Å². The van der Waals surface area contributed by atoms with Gasteiger partial charge in [0.15, 0.2) is 5.96 Å². The number of aliphatic imine (C=N–C) groups is 1. The Morgan fingerprint density at radius 2 is 1.93 bits per heavy atom. The number of methoxy groups -OCH3 is 1. The summed E-state index contributed by atoms with van der Waals surface area (Å²) in [5.74, 6) is 0.822. The number of guanidine groups is 1. The number of hydrogen-bond acceptors (Lipinski definition) is 4. The molecule has 0 saturated heterocycles. The SMILES string of the molecule is CCNC(=NCc1ccccc1Cn1cccn1)NCCCOCCOC.I. The van der Waals surface area contributed by atoms with E-state index in [0.29, 0.717) is 26.4 Å². The van der Waals surface area contributed by atoms with Gasteiger partial charge in [0.2, 0.25) is 0 Å². The maximum Gasteiger partial charge on any atom is 0.191 e. The highest BCUT2D eigenvalue weighted by atomic mass is 127. The lowest BCUT2D eigenvalue weighted by molar-refractivity contribution is 0.0698. The molecule has 0 aliphatic heterocycles. The number of rotatable bonds is 12. The normalized spacial score (nSPS) is 11.1. The van der Waals surface area contributed by atoms with Crippen molar-refractivity contribution in [2.75, 3.05) is 40.0 Å². The molecular weight excluding hydrogens is 469 g/mol. The first-order chi connectivity index (χ1) is 13.3. The van der Waals surface area contributed by atoms with E-state index >= 15 is 0 Å². The second-order valence-electron chi connectivity index (χ2n) is 6.05. The second kappa shape index (κ2) is 15.3. The topological polar surface area (TPSA) is 72.7 Å². The summed E-state index contributed by atoms with van der Waals surface area (Å²) in [5.41, 5.74) is 2.43. The predicted molar refractivity (Wildman–Crippen MR) is 123 cm³/mol. The lowest BCUT2D eigenvalue weighted by Crippen LogP contribution is -2.38. The van der Waals surface area contributed by atoms with E-state index in [2.05, 4.69) is 46.9 Å². The number of nitrogens with one attached hydrogen (secondary N) is 2. The third-order valence-corrected chi connectivity index (χ3v) is 3.95. The molecule has 1 heterocycles. The monoisotopic (exact) mass is 501 g/mol. The average molecular weight is 501 g/mol. The molecule has 0 spiro atoms. The van der Waals surface area contributed by atoms with Crippen LogP contribution in [0.4, 0.5) is 0 Å². The van der Waals surface area contributed by atoms with Crippen molar-refractivity contribution >= 4 is 29.9 Å². The van der Waals surface area contributed by atoms with Crippen molar-refractivity contribution in [2.45, 2.75) is 26.4 Å². The molecule has 2 N–H and O–H groups in total. The summed E-state index contributed by atoms with van der Waals surface area (Å²) in [7, 11) is 1.68. The summed E-state index contributed by atoms with van der Waals surface area (Å²) in [6.45, 7) is 7.06. The number of nitrogens with zero attached hydrogens (tertiary/aromatic N) is 3. The van der Waals surface area contributed by atoms with E-state index in [9.17, 15) is 0 Å². The molecule has 0 amide bonds. The predicted octanol–water partition coefficient (Wildman–Crippen LogP) is 2.66. The van der Waals surface area contributed by atoms with Gasteiger partial charge in [-0.1, -0.05) is 24.3 Å². The van der Waals surface area contributed by atoms with Gasteiger partial charge < -0.3 is 20.1 Å². The molecule has 0 unspecified atom stereocenters. The molecule has 28 heavy (non-hydrogen) atoms. The van der Waals surface area contributed by atoms with Gasteiger partial charge in [0.1, 0.15) is 0 Å². The van der Waals surface area contributed by atoms with E-state index in [-0.39, 0.29) is 24.0 Å². The minimum Gasteiger partial charge on any atom is -0.382 e. The first-order valence-electron chi connectivity index (χ1n) is 9.46. The minimum atomic E-state index is 0. The molecule has 0 fully saturated rings. The smallest absolute Gasteiger partial charge is 0.191 e. The standard InChI is InChI=1S/C20H31N5O2.HI/c1-3-21-20(22-10-7-13-27-15-14-26-2)23-16-18-8-4-5-9-19(18)17-25-12-6-11-24-25;/h4-6,8-9,11-12H,3,7,10,13-17H2,1-2H3,(H2,21,22,23);1H. The zero-order chi connectivity index (χ0) is 19.2. The highest BCUT2D eigenvalue weighted by molar-refractivity contribution is 14.0. The Morgan fingerprint density at radius 3 is 2.64 bits per heavy atom. The largest absolute Gasteiger partial charge is 0.382 e. The van der Waals surface area contributed by atoms with Gasteiger partial charge in [0.25, 0.3) is 0 Å². The van der Waals surface area contributed by atoms with Crippen molar-refractivity contribution in [3.63, 3.8) is 0 Å². The molecule has 0 radical (unpaired) electrons. The van der Waals surface area contributed by atoms with E-state index in [1.54, 1.807) is 13.3 Å². The van der Waals surface area contributed by atoms with Crippen LogP contribution in [0.1, 0.15) is 24.5 Å². The maximum atomic E-state index is 5.48. The van der Waals surface area contributed by atoms with Crippen LogP contribution in [0.3, 0.4) is 0 Å². The Labute approximate surface area is 184 Å². The fraction of sp³-hybridized carbons (Fsp3) is 0.500. The van der Waals surface area contributed by atoms with Crippen LogP contribution in [0.5, 0.6) is 0 Å². The van der Waals surface area contributed by atoms with Crippen molar-refractivity contribution < 1.29 is 9.47 Å². The third-order valence-electron chi connectivity index (χ3n) is 3.95. The maximum absolute atomic E-state index is 5.48. The Bertz CT molecular complexity index is 664. The van der Waals surface area contributed by atoms with Gasteiger partial charge >= 0.3 is 0 Å². The van der Waals surface area contributed by atoms with Crippen molar-refractivity contribution in [1.82, 2.24) is 20.4 Å². The molecule has 8 heteroatoms. The molecule has 0 atom stereocenters. The van der Waals surface area contributed by atoms with Gasteiger partial charge in [-0.3, -0.25) is 4.68 Å². The summed E-state index contributed by atoms with van der Waals surface area (Å²) < 4.78 is 12.4. The molecule has 156 valence electrons. The number of halogens is 1. The first kappa shape index (κ1) is 24.4. The molecule has 1 aromatic heterocycles. The second-order valence-corrected chi connectivity index (χ2v) is 6.05. The molecule has 1 aromatic carbocycles. The summed E-state index contributed by atoms with van der Waals surface area (Å²) in [5, 5.41) is 10.9. The summed E-state index contributed by atoms with van der Waals surface area (Å²) >= 11 is 0. The Balaban J connectivity index is 0.00000392. The molecule has 0 aliphatic carbocycles. The lowest BCUT2D eigenvalue weighted by Gasteiger charge is -2.13. The highest BCUT2D eigenvalue weighted by Crippen LogP contribution is 2.11. The Kier molecular flexibility index (Phi) is 13.3. The lowest BCUT2D eigenvalue weighted by atomic mass is 10.1. The molecule has 2 rings (SSSR count). The summed E-state index contributed by atoms with van der Waals surface area (Å²) in [4.78, 5) is 4.72. The fourth-order valence-electron chi connectivity index (χ4n) is 2.57. The Morgan fingerprint density at radius 1 is 1.11 bits per heavy atom. The van der Waals surface area contributed by atoms with Crippen LogP contribution in [-0.4, -0.2) is 55.8 Å². The first-order valence-corrected chi connectivity index (χ1v) is 9.46. The zero-order valence-corrected chi connectivity index (χ0v) is 19.1. The van der Waals surface area contributed by atoms with Gasteiger partial charge in [-0.15, -0.1) is 24.0 Å². The molecule has 0 bridgehead atoms.